The Morgan fingerprint density at radius 2 is 1.86 bits per heavy atom. The maximum atomic E-state index is 12.6. The van der Waals surface area contributed by atoms with Gasteiger partial charge in [-0.05, 0) is 17.7 Å². The lowest BCUT2D eigenvalue weighted by atomic mass is 10.1. The number of hydrogen-bond acceptors (Lipinski definition) is 2. The molecule has 2 aromatic rings. The highest BCUT2D eigenvalue weighted by molar-refractivity contribution is 5.86. The molecule has 0 saturated heterocycles. The van der Waals surface area contributed by atoms with Crippen LogP contribution in [0.5, 0.6) is 0 Å². The molecule has 2 rings (SSSR count). The van der Waals surface area contributed by atoms with E-state index >= 15 is 0 Å². The van der Waals surface area contributed by atoms with Crippen molar-refractivity contribution in [2.75, 3.05) is 0 Å². The highest BCUT2D eigenvalue weighted by Gasteiger charge is 2.06. The van der Waals surface area contributed by atoms with Crippen LogP contribution in [0.3, 0.4) is 0 Å². The molecule has 0 spiro atoms. The molecular formula is C11H7FO2. The van der Waals surface area contributed by atoms with E-state index in [-0.39, 0.29) is 5.82 Å². The Morgan fingerprint density at radius 3 is 2.50 bits per heavy atom. The van der Waals surface area contributed by atoms with Crippen LogP contribution < -0.4 is 0 Å². The number of carbonyl (C=O) groups is 1. The number of rotatable bonds is 2. The van der Waals surface area contributed by atoms with Crippen molar-refractivity contribution in [1.82, 2.24) is 0 Å². The molecule has 0 radical (unpaired) electrons. The highest BCUT2D eigenvalue weighted by Crippen LogP contribution is 2.23. The predicted octanol–water partition coefficient (Wildman–Crippen LogP) is 2.90. The number of halogens is 1. The number of carbonyl (C=O) groups excluding carboxylic acids is 1. The van der Waals surface area contributed by atoms with Gasteiger partial charge in [0.2, 0.25) is 0 Å². The van der Waals surface area contributed by atoms with Crippen LogP contribution in [0.4, 0.5) is 4.39 Å². The molecule has 1 heterocycles. The van der Waals surface area contributed by atoms with Crippen LogP contribution in [0.25, 0.3) is 11.1 Å². The molecule has 0 saturated carbocycles. The van der Waals surface area contributed by atoms with Gasteiger partial charge in [0.15, 0.2) is 6.29 Å². The number of aldehydes is 1. The van der Waals surface area contributed by atoms with Crippen molar-refractivity contribution in [3.63, 3.8) is 0 Å². The molecule has 3 heteroatoms. The van der Waals surface area contributed by atoms with E-state index in [0.29, 0.717) is 17.4 Å². The topological polar surface area (TPSA) is 30.2 Å². The van der Waals surface area contributed by atoms with Crippen LogP contribution in [0.2, 0.25) is 0 Å². The third kappa shape index (κ3) is 1.44. The van der Waals surface area contributed by atoms with Gasteiger partial charge in [-0.2, -0.15) is 0 Å². The van der Waals surface area contributed by atoms with Crippen molar-refractivity contribution in [1.29, 1.82) is 0 Å². The summed E-state index contributed by atoms with van der Waals surface area (Å²) in [5, 5.41) is 0. The van der Waals surface area contributed by atoms with Crippen molar-refractivity contribution < 1.29 is 13.6 Å². The van der Waals surface area contributed by atoms with E-state index in [2.05, 4.69) is 0 Å². The van der Waals surface area contributed by atoms with E-state index in [0.717, 1.165) is 5.56 Å². The maximum absolute atomic E-state index is 12.6. The van der Waals surface area contributed by atoms with Crippen molar-refractivity contribution in [3.8, 4) is 11.1 Å². The van der Waals surface area contributed by atoms with Crippen LogP contribution >= 0.6 is 0 Å². The Hall–Kier alpha value is -1.90. The molecule has 14 heavy (non-hydrogen) atoms. The molecular weight excluding hydrogens is 183 g/mol. The Bertz CT molecular complexity index is 443. The lowest BCUT2D eigenvalue weighted by Gasteiger charge is -1.97. The van der Waals surface area contributed by atoms with E-state index in [1.165, 1.54) is 24.7 Å². The SMILES string of the molecule is O=Cc1cocc1-c1ccc(F)cc1. The van der Waals surface area contributed by atoms with Gasteiger partial charge in [-0.15, -0.1) is 0 Å². The van der Waals surface area contributed by atoms with E-state index in [1.54, 1.807) is 12.1 Å². The smallest absolute Gasteiger partial charge is 0.153 e. The quantitative estimate of drug-likeness (QED) is 0.681. The van der Waals surface area contributed by atoms with E-state index in [9.17, 15) is 9.18 Å². The molecule has 1 aromatic carbocycles. The molecule has 2 nitrogen and oxygen atoms in total. The van der Waals surface area contributed by atoms with E-state index in [4.69, 9.17) is 4.42 Å². The van der Waals surface area contributed by atoms with Crippen molar-refractivity contribution in [2.24, 2.45) is 0 Å². The minimum Gasteiger partial charge on any atom is -0.471 e. The molecule has 0 aliphatic carbocycles. The highest BCUT2D eigenvalue weighted by atomic mass is 19.1. The van der Waals surface area contributed by atoms with Crippen LogP contribution in [-0.4, -0.2) is 6.29 Å². The summed E-state index contributed by atoms with van der Waals surface area (Å²) in [5.41, 5.74) is 1.92. The molecule has 0 unspecified atom stereocenters. The van der Waals surface area contributed by atoms with Gasteiger partial charge in [-0.3, -0.25) is 4.79 Å². The van der Waals surface area contributed by atoms with Gasteiger partial charge >= 0.3 is 0 Å². The lowest BCUT2D eigenvalue weighted by molar-refractivity contribution is 0.112. The van der Waals surface area contributed by atoms with Crippen molar-refractivity contribution >= 4 is 6.29 Å². The molecule has 70 valence electrons. The zero-order valence-electron chi connectivity index (χ0n) is 7.24. The van der Waals surface area contributed by atoms with Gasteiger partial charge in [0.1, 0.15) is 12.1 Å². The fourth-order valence-electron chi connectivity index (χ4n) is 1.26. The molecule has 0 amide bonds. The second-order valence-electron chi connectivity index (χ2n) is 2.87. The van der Waals surface area contributed by atoms with Gasteiger partial charge in [-0.1, -0.05) is 12.1 Å². The Morgan fingerprint density at radius 1 is 1.14 bits per heavy atom. The molecule has 1 aromatic heterocycles. The van der Waals surface area contributed by atoms with E-state index < -0.39 is 0 Å². The first-order chi connectivity index (χ1) is 6.81. The summed E-state index contributed by atoms with van der Waals surface area (Å²) < 4.78 is 17.5. The molecule has 0 aliphatic rings. The first-order valence-electron chi connectivity index (χ1n) is 4.08. The standard InChI is InChI=1S/C11H7FO2/c12-10-3-1-8(2-4-10)11-7-14-6-9(11)5-13/h1-7H. The molecule has 0 fully saturated rings. The minimum absolute atomic E-state index is 0.301. The number of hydrogen-bond donors (Lipinski definition) is 0. The summed E-state index contributed by atoms with van der Waals surface area (Å²) in [7, 11) is 0. The third-order valence-corrected chi connectivity index (χ3v) is 1.97. The Labute approximate surface area is 80.0 Å². The maximum Gasteiger partial charge on any atom is 0.153 e. The fraction of sp³-hybridized carbons (Fsp3) is 0. The molecule has 0 atom stereocenters. The summed E-state index contributed by atoms with van der Waals surface area (Å²) >= 11 is 0. The Kier molecular flexibility index (Phi) is 2.14. The minimum atomic E-state index is -0.301. The fourth-order valence-corrected chi connectivity index (χ4v) is 1.26. The summed E-state index contributed by atoms with van der Waals surface area (Å²) in [5.74, 6) is -0.301. The molecule has 0 bridgehead atoms. The second kappa shape index (κ2) is 3.46. The molecule has 0 N–H and O–H groups in total. The first-order valence-corrected chi connectivity index (χ1v) is 4.08. The van der Waals surface area contributed by atoms with Crippen LogP contribution in [-0.2, 0) is 0 Å². The van der Waals surface area contributed by atoms with Gasteiger partial charge in [-0.25, -0.2) is 4.39 Å². The summed E-state index contributed by atoms with van der Waals surface area (Å²) in [6.07, 6.45) is 3.55. The van der Waals surface area contributed by atoms with E-state index in [1.807, 2.05) is 0 Å². The van der Waals surface area contributed by atoms with Crippen molar-refractivity contribution in [2.45, 2.75) is 0 Å². The largest absolute Gasteiger partial charge is 0.471 e. The lowest BCUT2D eigenvalue weighted by Crippen LogP contribution is -1.81. The average molecular weight is 190 g/mol. The van der Waals surface area contributed by atoms with Crippen molar-refractivity contribution in [3.05, 3.63) is 48.2 Å². The molecule has 0 aliphatic heterocycles. The number of benzene rings is 1. The first kappa shape index (κ1) is 8.69. The normalized spacial score (nSPS) is 10.1. The van der Waals surface area contributed by atoms with Crippen LogP contribution in [0, 0.1) is 5.82 Å². The monoisotopic (exact) mass is 190 g/mol. The van der Waals surface area contributed by atoms with Crippen LogP contribution in [0.1, 0.15) is 10.4 Å². The van der Waals surface area contributed by atoms with Gasteiger partial charge < -0.3 is 4.42 Å². The zero-order chi connectivity index (χ0) is 9.97. The second-order valence-corrected chi connectivity index (χ2v) is 2.87. The predicted molar refractivity (Wildman–Crippen MR) is 49.5 cm³/mol. The third-order valence-electron chi connectivity index (χ3n) is 1.97. The van der Waals surface area contributed by atoms with Crippen LogP contribution in [0.15, 0.2) is 41.2 Å². The summed E-state index contributed by atoms with van der Waals surface area (Å²) in [4.78, 5) is 10.6. The van der Waals surface area contributed by atoms with Gasteiger partial charge in [0.05, 0.1) is 11.8 Å². The van der Waals surface area contributed by atoms with Gasteiger partial charge in [0, 0.05) is 5.56 Å². The summed E-state index contributed by atoms with van der Waals surface area (Å²) in [6.45, 7) is 0. The van der Waals surface area contributed by atoms with Gasteiger partial charge in [0.25, 0.3) is 0 Å². The average Bonchev–Trinajstić information content (AvgIpc) is 2.67. The number of furan rings is 1. The zero-order valence-corrected chi connectivity index (χ0v) is 7.24. The summed E-state index contributed by atoms with van der Waals surface area (Å²) in [6, 6.07) is 5.90. The Balaban J connectivity index is 2.49.